The number of nitrogens with zero attached hydrogens (tertiary/aromatic N) is 2. The Labute approximate surface area is 178 Å². The molecule has 1 aliphatic heterocycles. The van der Waals surface area contributed by atoms with Crippen LogP contribution in [0.25, 0.3) is 0 Å². The molecule has 5 rings (SSSR count). The first-order valence-corrected chi connectivity index (χ1v) is 10.4. The van der Waals surface area contributed by atoms with E-state index in [0.717, 1.165) is 17.7 Å². The molecule has 0 aromatic heterocycles. The number of likely N-dealkylation sites (tertiary alicyclic amines) is 1. The molecule has 0 spiro atoms. The number of fused-ring (bicyclic) bond motifs is 5. The highest BCUT2D eigenvalue weighted by Gasteiger charge is 2.63. The molecule has 1 saturated heterocycles. The smallest absolute Gasteiger partial charge is 0.271 e. The van der Waals surface area contributed by atoms with Crippen molar-refractivity contribution in [1.82, 2.24) is 4.90 Å². The van der Waals surface area contributed by atoms with E-state index in [0.29, 0.717) is 0 Å². The fraction of sp³-hybridized carbons (Fsp3) is 0.348. The van der Waals surface area contributed by atoms with Gasteiger partial charge >= 0.3 is 0 Å². The molecule has 5 atom stereocenters. The van der Waals surface area contributed by atoms with E-state index in [1.807, 2.05) is 18.2 Å². The Hall–Kier alpha value is -3.55. The molecule has 2 aromatic rings. The van der Waals surface area contributed by atoms with E-state index < -0.39 is 10.8 Å². The largest absolute Gasteiger partial charge is 0.324 e. The summed E-state index contributed by atoms with van der Waals surface area (Å²) >= 11 is 0. The van der Waals surface area contributed by atoms with E-state index in [1.54, 1.807) is 0 Å². The van der Waals surface area contributed by atoms with Crippen molar-refractivity contribution in [2.75, 3.05) is 11.9 Å². The Balaban J connectivity index is 1.30. The van der Waals surface area contributed by atoms with Crippen LogP contribution in [0.2, 0.25) is 0 Å². The first-order valence-electron chi connectivity index (χ1n) is 10.4. The maximum Gasteiger partial charge on any atom is 0.271 e. The van der Waals surface area contributed by atoms with Crippen molar-refractivity contribution in [1.29, 1.82) is 0 Å². The van der Waals surface area contributed by atoms with E-state index >= 15 is 0 Å². The quantitative estimate of drug-likeness (QED) is 0.455. The van der Waals surface area contributed by atoms with Crippen LogP contribution in [0.5, 0.6) is 0 Å². The number of carbonyl (C=O) groups is 3. The van der Waals surface area contributed by atoms with Crippen molar-refractivity contribution in [2.45, 2.75) is 18.8 Å². The number of anilines is 1. The van der Waals surface area contributed by atoms with Gasteiger partial charge in [-0.15, -0.1) is 0 Å². The second kappa shape index (κ2) is 7.30. The van der Waals surface area contributed by atoms with Gasteiger partial charge < -0.3 is 5.32 Å². The highest BCUT2D eigenvalue weighted by Crippen LogP contribution is 2.61. The molecule has 2 aliphatic carbocycles. The van der Waals surface area contributed by atoms with Crippen LogP contribution in [0.3, 0.4) is 0 Å². The number of hydrogen-bond donors (Lipinski definition) is 1. The Morgan fingerprint density at radius 2 is 1.77 bits per heavy atom. The second-order valence-electron chi connectivity index (χ2n) is 8.58. The molecule has 2 bridgehead atoms. The number of imide groups is 1. The summed E-state index contributed by atoms with van der Waals surface area (Å²) in [5, 5.41) is 13.5. The van der Waals surface area contributed by atoms with Crippen molar-refractivity contribution >= 4 is 29.1 Å². The minimum atomic E-state index is -0.552. The minimum absolute atomic E-state index is 0.124. The van der Waals surface area contributed by atoms with Gasteiger partial charge in [0.05, 0.1) is 16.8 Å². The zero-order valence-corrected chi connectivity index (χ0v) is 16.6. The third-order valence-electron chi connectivity index (χ3n) is 6.98. The number of amides is 3. The van der Waals surface area contributed by atoms with Crippen molar-refractivity contribution in [3.05, 3.63) is 70.3 Å². The van der Waals surface area contributed by atoms with Gasteiger partial charge in [-0.05, 0) is 42.2 Å². The molecular formula is C23H21N3O5. The van der Waals surface area contributed by atoms with Crippen molar-refractivity contribution in [2.24, 2.45) is 23.7 Å². The van der Waals surface area contributed by atoms with Crippen LogP contribution in [-0.4, -0.2) is 34.1 Å². The predicted molar refractivity (Wildman–Crippen MR) is 111 cm³/mol. The lowest BCUT2D eigenvalue weighted by Gasteiger charge is -2.28. The van der Waals surface area contributed by atoms with Gasteiger partial charge in [0, 0.05) is 17.8 Å². The zero-order valence-electron chi connectivity index (χ0n) is 16.6. The number of carbonyl (C=O) groups excluding carboxylic acids is 3. The monoisotopic (exact) mass is 419 g/mol. The fourth-order valence-electron chi connectivity index (χ4n) is 5.80. The third-order valence-corrected chi connectivity index (χ3v) is 6.98. The number of non-ortho nitro benzene ring substituents is 1. The SMILES string of the molecule is O=C(CN1C(=O)[C@@H]2[C@@H]3C[C@@H]([C@@H]2C1=O)[C@@H](c1ccccc1)C3)Nc1cccc([N+](=O)[O-])c1. The lowest BCUT2D eigenvalue weighted by molar-refractivity contribution is -0.384. The molecule has 8 nitrogen and oxygen atoms in total. The van der Waals surface area contributed by atoms with Crippen LogP contribution in [0.1, 0.15) is 24.3 Å². The number of benzene rings is 2. The minimum Gasteiger partial charge on any atom is -0.324 e. The standard InChI is InChI=1S/C23H21N3O5/c27-19(24-15-7-4-8-16(11-15)26(30)31)12-25-22(28)20-14-9-17(13-5-2-1-3-6-13)18(10-14)21(20)23(25)29/h1-8,11,14,17-18,20-21H,9-10,12H2,(H,24,27)/t14-,17+,18+,20+,21-/m0/s1. The van der Waals surface area contributed by atoms with Gasteiger partial charge in [0.25, 0.3) is 5.69 Å². The highest BCUT2D eigenvalue weighted by molar-refractivity contribution is 6.09. The molecule has 31 heavy (non-hydrogen) atoms. The average molecular weight is 419 g/mol. The van der Waals surface area contributed by atoms with Crippen LogP contribution in [-0.2, 0) is 14.4 Å². The normalized spacial score (nSPS) is 28.6. The fourth-order valence-corrected chi connectivity index (χ4v) is 5.80. The van der Waals surface area contributed by atoms with E-state index in [9.17, 15) is 24.5 Å². The molecule has 8 heteroatoms. The summed E-state index contributed by atoms with van der Waals surface area (Å²) in [7, 11) is 0. The van der Waals surface area contributed by atoms with Crippen LogP contribution in [0, 0.1) is 33.8 Å². The van der Waals surface area contributed by atoms with Crippen LogP contribution in [0.4, 0.5) is 11.4 Å². The van der Waals surface area contributed by atoms with Crippen molar-refractivity contribution < 1.29 is 19.3 Å². The number of nitro groups is 1. The summed E-state index contributed by atoms with van der Waals surface area (Å²) in [5.41, 5.74) is 1.31. The second-order valence-corrected chi connectivity index (χ2v) is 8.58. The van der Waals surface area contributed by atoms with E-state index in [1.165, 1.54) is 29.8 Å². The summed E-state index contributed by atoms with van der Waals surface area (Å²) in [5.74, 6) is -1.21. The Bertz CT molecular complexity index is 1090. The molecule has 2 aromatic carbocycles. The average Bonchev–Trinajstić information content (AvgIpc) is 3.42. The van der Waals surface area contributed by atoms with Crippen LogP contribution in [0.15, 0.2) is 54.6 Å². The molecule has 0 unspecified atom stereocenters. The molecular weight excluding hydrogens is 398 g/mol. The van der Waals surface area contributed by atoms with Crippen molar-refractivity contribution in [3.63, 3.8) is 0 Å². The summed E-state index contributed by atoms with van der Waals surface area (Å²) < 4.78 is 0. The molecule has 3 amide bonds. The van der Waals surface area contributed by atoms with Gasteiger partial charge in [-0.1, -0.05) is 36.4 Å². The Kier molecular flexibility index (Phi) is 4.57. The van der Waals surface area contributed by atoms with Gasteiger partial charge in [-0.25, -0.2) is 0 Å². The maximum atomic E-state index is 13.1. The first kappa shape index (κ1) is 19.4. The van der Waals surface area contributed by atoms with E-state index in [4.69, 9.17) is 0 Å². The number of hydrogen-bond acceptors (Lipinski definition) is 5. The van der Waals surface area contributed by atoms with E-state index in [-0.39, 0.29) is 59.3 Å². The molecule has 1 heterocycles. The summed E-state index contributed by atoms with van der Waals surface area (Å²) in [6.07, 6.45) is 1.77. The Morgan fingerprint density at radius 1 is 1.03 bits per heavy atom. The lowest BCUT2D eigenvalue weighted by Crippen LogP contribution is -2.39. The summed E-state index contributed by atoms with van der Waals surface area (Å²) in [6, 6.07) is 15.6. The van der Waals surface area contributed by atoms with Gasteiger partial charge in [0.1, 0.15) is 6.54 Å². The number of nitro benzene ring substituents is 1. The molecule has 3 aliphatic rings. The van der Waals surface area contributed by atoms with E-state index in [2.05, 4.69) is 17.4 Å². The Morgan fingerprint density at radius 3 is 2.52 bits per heavy atom. The molecule has 1 N–H and O–H groups in total. The maximum absolute atomic E-state index is 13.1. The van der Waals surface area contributed by atoms with Gasteiger partial charge in [-0.3, -0.25) is 29.4 Å². The molecule has 158 valence electrons. The van der Waals surface area contributed by atoms with Gasteiger partial charge in [-0.2, -0.15) is 0 Å². The van der Waals surface area contributed by atoms with Gasteiger partial charge in [0.15, 0.2) is 0 Å². The summed E-state index contributed by atoms with van der Waals surface area (Å²) in [6.45, 7) is -0.372. The summed E-state index contributed by atoms with van der Waals surface area (Å²) in [4.78, 5) is 50.1. The third kappa shape index (κ3) is 3.19. The highest BCUT2D eigenvalue weighted by atomic mass is 16.6. The first-order chi connectivity index (χ1) is 14.9. The molecule has 3 fully saturated rings. The predicted octanol–water partition coefficient (Wildman–Crippen LogP) is 2.96. The van der Waals surface area contributed by atoms with Crippen LogP contribution < -0.4 is 5.32 Å². The van der Waals surface area contributed by atoms with Crippen LogP contribution >= 0.6 is 0 Å². The number of nitrogens with one attached hydrogen (secondary N) is 1. The number of rotatable bonds is 5. The van der Waals surface area contributed by atoms with Gasteiger partial charge in [0.2, 0.25) is 17.7 Å². The zero-order chi connectivity index (χ0) is 21.7. The molecule has 2 saturated carbocycles. The lowest BCUT2D eigenvalue weighted by atomic mass is 9.73. The molecule has 0 radical (unpaired) electrons. The topological polar surface area (TPSA) is 110 Å². The van der Waals surface area contributed by atoms with Crippen molar-refractivity contribution in [3.8, 4) is 0 Å².